The van der Waals surface area contributed by atoms with E-state index in [4.69, 9.17) is 11.6 Å². The number of halogens is 1. The summed E-state index contributed by atoms with van der Waals surface area (Å²) in [4.78, 5) is 27.3. The number of carbonyl (C=O) groups excluding carboxylic acids is 2. The Morgan fingerprint density at radius 3 is 2.87 bits per heavy atom. The van der Waals surface area contributed by atoms with Crippen LogP contribution in [0.25, 0.3) is 11.0 Å². The van der Waals surface area contributed by atoms with Gasteiger partial charge >= 0.3 is 6.03 Å². The van der Waals surface area contributed by atoms with Gasteiger partial charge in [0, 0.05) is 30.8 Å². The Morgan fingerprint density at radius 1 is 1.39 bits per heavy atom. The predicted octanol–water partition coefficient (Wildman–Crippen LogP) is 3.04. The fraction of sp³-hybridized carbons (Fsp3) is 0.400. The number of nitrogens with zero attached hydrogens (tertiary/aromatic N) is 2. The molecule has 0 aliphatic carbocycles. The van der Waals surface area contributed by atoms with Crippen LogP contribution in [-0.4, -0.2) is 34.3 Å². The summed E-state index contributed by atoms with van der Waals surface area (Å²) in [7, 11) is 1.47. The molecule has 0 aliphatic rings. The van der Waals surface area contributed by atoms with Crippen LogP contribution < -0.4 is 10.6 Å². The van der Waals surface area contributed by atoms with Gasteiger partial charge in [0.15, 0.2) is 5.16 Å². The highest BCUT2D eigenvalue weighted by Crippen LogP contribution is 2.26. The van der Waals surface area contributed by atoms with Crippen molar-refractivity contribution in [1.82, 2.24) is 20.2 Å². The normalized spacial score (nSPS) is 10.7. The van der Waals surface area contributed by atoms with Gasteiger partial charge in [-0.2, -0.15) is 0 Å². The van der Waals surface area contributed by atoms with E-state index < -0.39 is 6.03 Å². The fourth-order valence-corrected chi connectivity index (χ4v) is 3.26. The van der Waals surface area contributed by atoms with Crippen molar-refractivity contribution in [3.63, 3.8) is 0 Å². The molecule has 1 aromatic carbocycles. The Kier molecular flexibility index (Phi) is 6.29. The molecule has 0 atom stereocenters. The molecule has 0 radical (unpaired) electrons. The molecule has 0 unspecified atom stereocenters. The standard InChI is InChI=1S/C15H19ClN4O2S/c1-3-7-20-12-5-4-10(16)9-11(12)18-15(20)23-8-6-13(21)19-14(22)17-2/h4-5,9H,3,6-8H2,1-2H3,(H2,17,19,21,22). The Bertz CT molecular complexity index is 717. The summed E-state index contributed by atoms with van der Waals surface area (Å²) in [5, 5.41) is 6.10. The number of nitrogens with one attached hydrogen (secondary N) is 2. The zero-order valence-electron chi connectivity index (χ0n) is 13.1. The van der Waals surface area contributed by atoms with E-state index in [1.807, 2.05) is 18.2 Å². The van der Waals surface area contributed by atoms with Crippen LogP contribution in [0.3, 0.4) is 0 Å². The molecule has 1 heterocycles. The maximum atomic E-state index is 11.6. The van der Waals surface area contributed by atoms with Crippen LogP contribution in [0.1, 0.15) is 19.8 Å². The number of imidazole rings is 1. The Hall–Kier alpha value is -1.73. The molecule has 6 nitrogen and oxygen atoms in total. The van der Waals surface area contributed by atoms with Crippen molar-refractivity contribution < 1.29 is 9.59 Å². The highest BCUT2D eigenvalue weighted by Gasteiger charge is 2.12. The van der Waals surface area contributed by atoms with Crippen LogP contribution in [0.5, 0.6) is 0 Å². The molecule has 1 aromatic heterocycles. The van der Waals surface area contributed by atoms with Crippen LogP contribution in [-0.2, 0) is 11.3 Å². The van der Waals surface area contributed by atoms with Crippen molar-refractivity contribution >= 4 is 46.3 Å². The number of aryl methyl sites for hydroxylation is 1. The van der Waals surface area contributed by atoms with Gasteiger partial charge < -0.3 is 9.88 Å². The SMILES string of the molecule is CCCn1c(SCCC(=O)NC(=O)NC)nc2cc(Cl)ccc21. The third-order valence-electron chi connectivity index (χ3n) is 3.16. The van der Waals surface area contributed by atoms with E-state index in [9.17, 15) is 9.59 Å². The lowest BCUT2D eigenvalue weighted by atomic mass is 10.3. The second-order valence-electron chi connectivity index (χ2n) is 4.90. The monoisotopic (exact) mass is 354 g/mol. The van der Waals surface area contributed by atoms with Crippen molar-refractivity contribution in [2.24, 2.45) is 0 Å². The number of rotatable bonds is 6. The molecule has 3 amide bonds. The number of carbonyl (C=O) groups is 2. The number of imide groups is 1. The molecule has 0 spiro atoms. The Balaban J connectivity index is 2.05. The maximum absolute atomic E-state index is 11.6. The first-order chi connectivity index (χ1) is 11.0. The molecule has 2 N–H and O–H groups in total. The largest absolute Gasteiger partial charge is 0.341 e. The lowest BCUT2D eigenvalue weighted by Gasteiger charge is -2.07. The third-order valence-corrected chi connectivity index (χ3v) is 4.38. The molecule has 0 saturated heterocycles. The minimum absolute atomic E-state index is 0.244. The number of amides is 3. The van der Waals surface area contributed by atoms with Crippen molar-refractivity contribution in [3.05, 3.63) is 23.2 Å². The van der Waals surface area contributed by atoms with Gasteiger partial charge in [0.25, 0.3) is 0 Å². The van der Waals surface area contributed by atoms with Gasteiger partial charge in [-0.05, 0) is 24.6 Å². The summed E-state index contributed by atoms with van der Waals surface area (Å²) in [6.45, 7) is 2.96. The summed E-state index contributed by atoms with van der Waals surface area (Å²) in [6.07, 6.45) is 1.23. The van der Waals surface area contributed by atoms with E-state index >= 15 is 0 Å². The van der Waals surface area contributed by atoms with Gasteiger partial charge in [-0.1, -0.05) is 30.3 Å². The van der Waals surface area contributed by atoms with Crippen molar-refractivity contribution in [1.29, 1.82) is 0 Å². The molecule has 0 fully saturated rings. The summed E-state index contributed by atoms with van der Waals surface area (Å²) in [5.41, 5.74) is 1.89. The van der Waals surface area contributed by atoms with Gasteiger partial charge in [-0.15, -0.1) is 0 Å². The first-order valence-electron chi connectivity index (χ1n) is 7.35. The van der Waals surface area contributed by atoms with E-state index in [2.05, 4.69) is 27.1 Å². The number of hydrogen-bond donors (Lipinski definition) is 2. The van der Waals surface area contributed by atoms with Crippen LogP contribution in [0.4, 0.5) is 4.79 Å². The number of thioether (sulfide) groups is 1. The lowest BCUT2D eigenvalue weighted by Crippen LogP contribution is -2.37. The van der Waals surface area contributed by atoms with E-state index in [0.29, 0.717) is 10.8 Å². The van der Waals surface area contributed by atoms with E-state index in [-0.39, 0.29) is 12.3 Å². The average molecular weight is 355 g/mol. The topological polar surface area (TPSA) is 76.0 Å². The number of benzene rings is 1. The molecular formula is C15H19ClN4O2S. The van der Waals surface area contributed by atoms with Crippen LogP contribution in [0.2, 0.25) is 5.02 Å². The Labute approximate surface area is 144 Å². The molecule has 8 heteroatoms. The van der Waals surface area contributed by atoms with Gasteiger partial charge in [-0.25, -0.2) is 9.78 Å². The minimum Gasteiger partial charge on any atom is -0.341 e. The number of aromatic nitrogens is 2. The number of urea groups is 1. The average Bonchev–Trinajstić information content (AvgIpc) is 2.84. The Morgan fingerprint density at radius 2 is 2.17 bits per heavy atom. The van der Waals surface area contributed by atoms with Gasteiger partial charge in [0.2, 0.25) is 5.91 Å². The molecule has 0 aliphatic heterocycles. The smallest absolute Gasteiger partial charge is 0.321 e. The summed E-state index contributed by atoms with van der Waals surface area (Å²) < 4.78 is 2.13. The number of hydrogen-bond acceptors (Lipinski definition) is 4. The van der Waals surface area contributed by atoms with Crippen molar-refractivity contribution in [2.45, 2.75) is 31.5 Å². The van der Waals surface area contributed by atoms with Crippen LogP contribution >= 0.6 is 23.4 Å². The second kappa shape index (κ2) is 8.21. The highest BCUT2D eigenvalue weighted by molar-refractivity contribution is 7.99. The van der Waals surface area contributed by atoms with E-state index in [1.54, 1.807) is 0 Å². The summed E-state index contributed by atoms with van der Waals surface area (Å²) in [6, 6.07) is 5.16. The second-order valence-corrected chi connectivity index (χ2v) is 6.40. The lowest BCUT2D eigenvalue weighted by molar-refractivity contribution is -0.119. The van der Waals surface area contributed by atoms with Gasteiger partial charge in [-0.3, -0.25) is 10.1 Å². The van der Waals surface area contributed by atoms with Crippen molar-refractivity contribution in [3.8, 4) is 0 Å². The van der Waals surface area contributed by atoms with Crippen molar-refractivity contribution in [2.75, 3.05) is 12.8 Å². The molecule has 124 valence electrons. The summed E-state index contributed by atoms with van der Waals surface area (Å²) >= 11 is 7.52. The minimum atomic E-state index is -0.493. The predicted molar refractivity (Wildman–Crippen MR) is 93.0 cm³/mol. The highest BCUT2D eigenvalue weighted by atomic mass is 35.5. The molecular weight excluding hydrogens is 336 g/mol. The van der Waals surface area contributed by atoms with Gasteiger partial charge in [0.1, 0.15) is 0 Å². The van der Waals surface area contributed by atoms with Crippen LogP contribution in [0.15, 0.2) is 23.4 Å². The number of fused-ring (bicyclic) bond motifs is 1. The first kappa shape index (κ1) is 17.6. The summed E-state index contributed by atoms with van der Waals surface area (Å²) in [5.74, 6) is 0.238. The molecule has 2 rings (SSSR count). The van der Waals surface area contributed by atoms with Gasteiger partial charge in [0.05, 0.1) is 11.0 Å². The van der Waals surface area contributed by atoms with Crippen LogP contribution in [0, 0.1) is 0 Å². The third kappa shape index (κ3) is 4.62. The first-order valence-corrected chi connectivity index (χ1v) is 8.71. The zero-order chi connectivity index (χ0) is 16.8. The molecule has 0 saturated carbocycles. The van der Waals surface area contributed by atoms with E-state index in [0.717, 1.165) is 29.2 Å². The fourth-order valence-electron chi connectivity index (χ4n) is 2.12. The molecule has 23 heavy (non-hydrogen) atoms. The quantitative estimate of drug-likeness (QED) is 0.782. The maximum Gasteiger partial charge on any atom is 0.321 e. The molecule has 2 aromatic rings. The zero-order valence-corrected chi connectivity index (χ0v) is 14.6. The molecule has 0 bridgehead atoms. The van der Waals surface area contributed by atoms with E-state index in [1.165, 1.54) is 18.8 Å².